The van der Waals surface area contributed by atoms with Gasteiger partial charge < -0.3 is 0 Å². The Kier molecular flexibility index (Phi) is 3.67. The number of thiophene rings is 1. The number of nitrogens with zero attached hydrogens (tertiary/aromatic N) is 2. The fourth-order valence-corrected chi connectivity index (χ4v) is 4.39. The van der Waals surface area contributed by atoms with E-state index in [2.05, 4.69) is 30.6 Å². The summed E-state index contributed by atoms with van der Waals surface area (Å²) in [6, 6.07) is 1.37. The first kappa shape index (κ1) is 12.7. The van der Waals surface area contributed by atoms with Crippen molar-refractivity contribution >= 4 is 54.7 Å². The first-order valence-corrected chi connectivity index (χ1v) is 7.70. The van der Waals surface area contributed by atoms with E-state index in [1.165, 1.54) is 24.7 Å². The lowest BCUT2D eigenvalue weighted by molar-refractivity contribution is 0.603. The first-order valence-electron chi connectivity index (χ1n) is 4.23. The van der Waals surface area contributed by atoms with E-state index in [0.717, 1.165) is 11.3 Å². The average molecular weight is 355 g/mol. The Hall–Kier alpha value is -0.700. The van der Waals surface area contributed by atoms with Gasteiger partial charge in [-0.05, 0) is 22.0 Å². The minimum absolute atomic E-state index is 0.111. The summed E-state index contributed by atoms with van der Waals surface area (Å²) >= 11 is 9.97. The Labute approximate surface area is 115 Å². The molecule has 2 heterocycles. The lowest BCUT2D eigenvalue weighted by Gasteiger charge is -2.03. The summed E-state index contributed by atoms with van der Waals surface area (Å²) < 4.78 is 26.8. The fourth-order valence-electron chi connectivity index (χ4n) is 0.999. The van der Waals surface area contributed by atoms with Crippen molar-refractivity contribution in [1.29, 1.82) is 0 Å². The van der Waals surface area contributed by atoms with Crippen molar-refractivity contribution in [3.05, 3.63) is 33.5 Å². The van der Waals surface area contributed by atoms with Crippen molar-refractivity contribution in [2.75, 3.05) is 4.72 Å². The maximum Gasteiger partial charge on any atom is 0.272 e. The van der Waals surface area contributed by atoms with E-state index in [1.807, 2.05) is 0 Å². The van der Waals surface area contributed by atoms with Crippen LogP contribution in [0.3, 0.4) is 0 Å². The smallest absolute Gasteiger partial charge is 0.261 e. The van der Waals surface area contributed by atoms with Gasteiger partial charge in [-0.25, -0.2) is 13.4 Å². The molecule has 5 nitrogen and oxygen atoms in total. The number of halogens is 2. The molecule has 0 amide bonds. The van der Waals surface area contributed by atoms with Crippen molar-refractivity contribution in [2.45, 2.75) is 4.21 Å². The molecule has 0 aliphatic carbocycles. The lowest BCUT2D eigenvalue weighted by atomic mass is 10.7. The van der Waals surface area contributed by atoms with Gasteiger partial charge in [0.25, 0.3) is 10.0 Å². The van der Waals surface area contributed by atoms with Gasteiger partial charge in [0.05, 0.1) is 15.0 Å². The van der Waals surface area contributed by atoms with E-state index < -0.39 is 10.0 Å². The molecule has 0 spiro atoms. The number of rotatable bonds is 3. The number of hydrogen-bond donors (Lipinski definition) is 1. The maximum atomic E-state index is 11.9. The van der Waals surface area contributed by atoms with Crippen molar-refractivity contribution < 1.29 is 8.42 Å². The molecule has 17 heavy (non-hydrogen) atoms. The van der Waals surface area contributed by atoms with Gasteiger partial charge in [-0.3, -0.25) is 9.71 Å². The van der Waals surface area contributed by atoms with E-state index in [1.54, 1.807) is 0 Å². The molecule has 2 aromatic rings. The molecule has 0 radical (unpaired) electrons. The molecule has 0 aromatic carbocycles. The molecule has 9 heteroatoms. The Morgan fingerprint density at radius 1 is 1.41 bits per heavy atom. The van der Waals surface area contributed by atoms with Crippen LogP contribution in [0.4, 0.5) is 5.82 Å². The molecule has 0 aliphatic heterocycles. The molecule has 0 bridgehead atoms. The second-order valence-corrected chi connectivity index (χ2v) is 7.57. The van der Waals surface area contributed by atoms with Crippen LogP contribution in [0.2, 0.25) is 5.02 Å². The molecular formula is C8H5BrClN3O2S2. The summed E-state index contributed by atoms with van der Waals surface area (Å²) in [4.78, 5) is 7.59. The monoisotopic (exact) mass is 353 g/mol. The molecule has 2 rings (SSSR count). The van der Waals surface area contributed by atoms with Crippen LogP contribution in [0.1, 0.15) is 0 Å². The second-order valence-electron chi connectivity index (χ2n) is 2.88. The molecule has 0 saturated heterocycles. The zero-order valence-electron chi connectivity index (χ0n) is 8.09. The van der Waals surface area contributed by atoms with E-state index in [-0.39, 0.29) is 10.0 Å². The number of sulfonamides is 1. The summed E-state index contributed by atoms with van der Waals surface area (Å²) in [6.07, 6.45) is 4.17. The highest BCUT2D eigenvalue weighted by Crippen LogP contribution is 2.35. The number of aromatic nitrogens is 2. The molecule has 0 fully saturated rings. The lowest BCUT2D eigenvalue weighted by Crippen LogP contribution is -2.12. The van der Waals surface area contributed by atoms with Crippen molar-refractivity contribution in [3.8, 4) is 0 Å². The van der Waals surface area contributed by atoms with Crippen molar-refractivity contribution in [3.63, 3.8) is 0 Å². The van der Waals surface area contributed by atoms with Crippen molar-refractivity contribution in [2.24, 2.45) is 0 Å². The minimum Gasteiger partial charge on any atom is -0.261 e. The molecular weight excluding hydrogens is 350 g/mol. The number of nitrogens with one attached hydrogen (secondary N) is 1. The van der Waals surface area contributed by atoms with Crippen molar-refractivity contribution in [1.82, 2.24) is 9.97 Å². The summed E-state index contributed by atoms with van der Waals surface area (Å²) in [5.41, 5.74) is 0. The van der Waals surface area contributed by atoms with Crippen LogP contribution in [0.15, 0.2) is 32.7 Å². The highest BCUT2D eigenvalue weighted by molar-refractivity contribution is 9.11. The van der Waals surface area contributed by atoms with E-state index >= 15 is 0 Å². The summed E-state index contributed by atoms with van der Waals surface area (Å²) in [7, 11) is -3.66. The second kappa shape index (κ2) is 4.89. The van der Waals surface area contributed by atoms with Gasteiger partial charge in [-0.1, -0.05) is 11.6 Å². The van der Waals surface area contributed by atoms with Crippen LogP contribution in [-0.2, 0) is 10.0 Å². The SMILES string of the molecule is O=S(=O)(Nc1cnccn1)c1cc(Cl)c(Br)s1. The van der Waals surface area contributed by atoms with Gasteiger partial charge in [0.2, 0.25) is 0 Å². The van der Waals surface area contributed by atoms with Gasteiger partial charge in [0, 0.05) is 12.4 Å². The molecule has 0 aliphatic rings. The Morgan fingerprint density at radius 3 is 2.71 bits per heavy atom. The molecule has 1 N–H and O–H groups in total. The Morgan fingerprint density at radius 2 is 2.18 bits per heavy atom. The van der Waals surface area contributed by atoms with E-state index in [9.17, 15) is 8.42 Å². The number of hydrogen-bond acceptors (Lipinski definition) is 5. The molecule has 0 atom stereocenters. The Bertz CT molecular complexity index is 610. The molecule has 2 aromatic heterocycles. The quantitative estimate of drug-likeness (QED) is 0.920. The van der Waals surface area contributed by atoms with Gasteiger partial charge in [-0.15, -0.1) is 11.3 Å². The van der Waals surface area contributed by atoms with Gasteiger partial charge in [0.1, 0.15) is 4.21 Å². The topological polar surface area (TPSA) is 72.0 Å². The third-order valence-electron chi connectivity index (χ3n) is 1.69. The molecule has 0 unspecified atom stereocenters. The van der Waals surface area contributed by atoms with Crippen LogP contribution >= 0.6 is 38.9 Å². The highest BCUT2D eigenvalue weighted by atomic mass is 79.9. The standard InChI is InChI=1S/C8H5BrClN3O2S2/c9-8-5(10)3-7(16-8)17(14,15)13-6-4-11-1-2-12-6/h1-4H,(H,12,13). The number of anilines is 1. The average Bonchev–Trinajstić information content (AvgIpc) is 2.61. The zero-order valence-corrected chi connectivity index (χ0v) is 12.1. The van der Waals surface area contributed by atoms with Crippen LogP contribution in [0.5, 0.6) is 0 Å². The fraction of sp³-hybridized carbons (Fsp3) is 0. The molecule has 0 saturated carbocycles. The third-order valence-corrected chi connectivity index (χ3v) is 5.99. The third kappa shape index (κ3) is 2.95. The summed E-state index contributed by atoms with van der Waals surface area (Å²) in [5.74, 6) is 0.160. The predicted molar refractivity (Wildman–Crippen MR) is 69.9 cm³/mol. The predicted octanol–water partition coefficient (Wildman–Crippen LogP) is 2.75. The van der Waals surface area contributed by atoms with Crippen LogP contribution < -0.4 is 4.72 Å². The molecule has 90 valence electrons. The van der Waals surface area contributed by atoms with E-state index in [0.29, 0.717) is 8.81 Å². The maximum absolute atomic E-state index is 11.9. The van der Waals surface area contributed by atoms with Crippen LogP contribution in [0, 0.1) is 0 Å². The van der Waals surface area contributed by atoms with Gasteiger partial charge >= 0.3 is 0 Å². The van der Waals surface area contributed by atoms with Gasteiger partial charge in [-0.2, -0.15) is 0 Å². The zero-order chi connectivity index (χ0) is 12.5. The normalized spacial score (nSPS) is 11.4. The van der Waals surface area contributed by atoms with Crippen LogP contribution in [-0.4, -0.2) is 18.4 Å². The Balaban J connectivity index is 2.32. The first-order chi connectivity index (χ1) is 7.99. The largest absolute Gasteiger partial charge is 0.272 e. The van der Waals surface area contributed by atoms with Crippen LogP contribution in [0.25, 0.3) is 0 Å². The summed E-state index contributed by atoms with van der Waals surface area (Å²) in [5, 5.41) is 0.356. The highest BCUT2D eigenvalue weighted by Gasteiger charge is 2.19. The van der Waals surface area contributed by atoms with Gasteiger partial charge in [0.15, 0.2) is 5.82 Å². The van der Waals surface area contributed by atoms with E-state index in [4.69, 9.17) is 11.6 Å². The summed E-state index contributed by atoms with van der Waals surface area (Å²) in [6.45, 7) is 0. The minimum atomic E-state index is -3.66.